The van der Waals surface area contributed by atoms with E-state index in [-0.39, 0.29) is 12.1 Å². The van der Waals surface area contributed by atoms with Crippen molar-refractivity contribution in [2.45, 2.75) is 50.5 Å². The lowest BCUT2D eigenvalue weighted by Crippen LogP contribution is -2.47. The van der Waals surface area contributed by atoms with E-state index >= 15 is 0 Å². The van der Waals surface area contributed by atoms with Crippen molar-refractivity contribution >= 4 is 5.69 Å². The number of rotatable bonds is 4. The molecule has 0 spiro atoms. The van der Waals surface area contributed by atoms with Gasteiger partial charge >= 0.3 is 0 Å². The van der Waals surface area contributed by atoms with Gasteiger partial charge in [0.1, 0.15) is 0 Å². The fourth-order valence-corrected chi connectivity index (χ4v) is 4.12. The molecule has 116 valence electrons. The Morgan fingerprint density at radius 2 is 2.10 bits per heavy atom. The van der Waals surface area contributed by atoms with Gasteiger partial charge in [0.15, 0.2) is 0 Å². The Morgan fingerprint density at radius 3 is 2.95 bits per heavy atom. The number of para-hydroxylation sites is 1. The van der Waals surface area contributed by atoms with Crippen LogP contribution in [0.2, 0.25) is 0 Å². The van der Waals surface area contributed by atoms with Crippen LogP contribution in [0, 0.1) is 5.92 Å². The molecule has 2 unspecified atom stereocenters. The first-order valence-corrected chi connectivity index (χ1v) is 8.45. The predicted molar refractivity (Wildman–Crippen MR) is 87.6 cm³/mol. The summed E-state index contributed by atoms with van der Waals surface area (Å²) in [5.41, 5.74) is 8.95. The van der Waals surface area contributed by atoms with Crippen LogP contribution in [0.1, 0.15) is 44.1 Å². The van der Waals surface area contributed by atoms with Crippen LogP contribution in [-0.2, 0) is 6.42 Å². The van der Waals surface area contributed by atoms with Crippen molar-refractivity contribution in [2.24, 2.45) is 11.7 Å². The monoisotopic (exact) mass is 288 g/mol. The molecule has 1 aromatic carbocycles. The second-order valence-electron chi connectivity index (χ2n) is 6.84. The third kappa shape index (κ3) is 3.09. The third-order valence-electron chi connectivity index (χ3n) is 5.51. The maximum atomic E-state index is 9.60. The van der Waals surface area contributed by atoms with Gasteiger partial charge in [0.2, 0.25) is 0 Å². The summed E-state index contributed by atoms with van der Waals surface area (Å²) in [4.78, 5) is 2.54. The van der Waals surface area contributed by atoms with Gasteiger partial charge < -0.3 is 15.7 Å². The van der Waals surface area contributed by atoms with E-state index in [4.69, 9.17) is 5.73 Å². The Morgan fingerprint density at radius 1 is 1.24 bits per heavy atom. The van der Waals surface area contributed by atoms with Gasteiger partial charge in [-0.05, 0) is 56.1 Å². The molecule has 21 heavy (non-hydrogen) atoms. The molecule has 2 aliphatic rings. The van der Waals surface area contributed by atoms with E-state index in [2.05, 4.69) is 29.2 Å². The molecule has 1 heterocycles. The summed E-state index contributed by atoms with van der Waals surface area (Å²) in [6.07, 6.45) is 8.18. The number of fused-ring (bicyclic) bond motifs is 1. The highest BCUT2D eigenvalue weighted by Gasteiger charge is 2.38. The zero-order valence-electron chi connectivity index (χ0n) is 12.9. The summed E-state index contributed by atoms with van der Waals surface area (Å²) in [5, 5.41) is 9.60. The number of hydrogen-bond donors (Lipinski definition) is 2. The Bertz CT molecular complexity index is 476. The smallest absolute Gasteiger partial charge is 0.0613 e. The Kier molecular flexibility index (Phi) is 4.51. The second kappa shape index (κ2) is 6.37. The molecular weight excluding hydrogens is 260 g/mol. The fraction of sp³-hybridized carbons (Fsp3) is 0.667. The molecule has 0 amide bonds. The van der Waals surface area contributed by atoms with E-state index in [0.29, 0.717) is 5.92 Å². The molecule has 1 aliphatic carbocycles. The highest BCUT2D eigenvalue weighted by atomic mass is 16.3. The number of aliphatic hydroxyl groups excluding tert-OH is 1. The summed E-state index contributed by atoms with van der Waals surface area (Å²) < 4.78 is 0. The molecule has 1 saturated carbocycles. The molecule has 0 bridgehead atoms. The molecule has 0 radical (unpaired) electrons. The third-order valence-corrected chi connectivity index (χ3v) is 5.51. The van der Waals surface area contributed by atoms with Crippen LogP contribution in [-0.4, -0.2) is 30.3 Å². The number of nitrogens with zero attached hydrogens (tertiary/aromatic N) is 1. The van der Waals surface area contributed by atoms with Crippen molar-refractivity contribution in [1.29, 1.82) is 0 Å². The first kappa shape index (κ1) is 14.9. The number of aliphatic hydroxyl groups is 1. The molecule has 3 N–H and O–H groups in total. The molecule has 3 rings (SSSR count). The van der Waals surface area contributed by atoms with E-state index in [0.717, 1.165) is 32.4 Å². The standard InChI is InChI=1S/C18H28N2O/c19-18(14-21)11-5-8-16(18)10-13-20-12-4-3-7-15-6-1-2-9-17(15)20/h1-2,6,9,16,21H,3-5,7-8,10-14,19H2. The summed E-state index contributed by atoms with van der Waals surface area (Å²) in [6, 6.07) is 8.82. The molecule has 3 heteroatoms. The fourth-order valence-electron chi connectivity index (χ4n) is 4.12. The minimum Gasteiger partial charge on any atom is -0.394 e. The average molecular weight is 288 g/mol. The van der Waals surface area contributed by atoms with E-state index in [9.17, 15) is 5.11 Å². The van der Waals surface area contributed by atoms with Gasteiger partial charge in [-0.15, -0.1) is 0 Å². The molecule has 3 nitrogen and oxygen atoms in total. The van der Waals surface area contributed by atoms with Crippen molar-refractivity contribution < 1.29 is 5.11 Å². The predicted octanol–water partition coefficient (Wildman–Crippen LogP) is 2.71. The van der Waals surface area contributed by atoms with Crippen molar-refractivity contribution in [3.63, 3.8) is 0 Å². The maximum absolute atomic E-state index is 9.60. The van der Waals surface area contributed by atoms with Gasteiger partial charge in [-0.2, -0.15) is 0 Å². The number of hydrogen-bond acceptors (Lipinski definition) is 3. The highest BCUT2D eigenvalue weighted by molar-refractivity contribution is 5.54. The normalized spacial score (nSPS) is 29.2. The minimum absolute atomic E-state index is 0.133. The van der Waals surface area contributed by atoms with Crippen LogP contribution >= 0.6 is 0 Å². The summed E-state index contributed by atoms with van der Waals surface area (Å²) >= 11 is 0. The van der Waals surface area contributed by atoms with E-state index in [1.54, 1.807) is 0 Å². The first-order chi connectivity index (χ1) is 10.2. The van der Waals surface area contributed by atoms with Crippen LogP contribution in [0.25, 0.3) is 0 Å². The van der Waals surface area contributed by atoms with Crippen molar-refractivity contribution in [2.75, 3.05) is 24.6 Å². The maximum Gasteiger partial charge on any atom is 0.0613 e. The highest BCUT2D eigenvalue weighted by Crippen LogP contribution is 2.36. The second-order valence-corrected chi connectivity index (χ2v) is 6.84. The Labute approximate surface area is 128 Å². The van der Waals surface area contributed by atoms with Crippen molar-refractivity contribution in [1.82, 2.24) is 0 Å². The largest absolute Gasteiger partial charge is 0.394 e. The number of benzene rings is 1. The zero-order chi connectivity index (χ0) is 14.7. The minimum atomic E-state index is -0.328. The molecule has 2 atom stereocenters. The number of aryl methyl sites for hydroxylation is 1. The topological polar surface area (TPSA) is 49.5 Å². The molecule has 1 aliphatic heterocycles. The molecular formula is C18H28N2O. The van der Waals surface area contributed by atoms with Crippen LogP contribution in [0.5, 0.6) is 0 Å². The van der Waals surface area contributed by atoms with Gasteiger partial charge in [-0.1, -0.05) is 24.6 Å². The molecule has 1 fully saturated rings. The van der Waals surface area contributed by atoms with Crippen LogP contribution in [0.15, 0.2) is 24.3 Å². The van der Waals surface area contributed by atoms with E-state index < -0.39 is 0 Å². The summed E-state index contributed by atoms with van der Waals surface area (Å²) in [5.74, 6) is 0.470. The SMILES string of the molecule is NC1(CO)CCCC1CCN1CCCCc2ccccc21. The lowest BCUT2D eigenvalue weighted by Gasteiger charge is -2.32. The van der Waals surface area contributed by atoms with E-state index in [1.165, 1.54) is 36.9 Å². The Hall–Kier alpha value is -1.06. The zero-order valence-corrected chi connectivity index (χ0v) is 12.9. The van der Waals surface area contributed by atoms with Crippen LogP contribution < -0.4 is 10.6 Å². The van der Waals surface area contributed by atoms with Crippen LogP contribution in [0.3, 0.4) is 0 Å². The van der Waals surface area contributed by atoms with Gasteiger partial charge in [0.05, 0.1) is 6.61 Å². The summed E-state index contributed by atoms with van der Waals surface area (Å²) in [6.45, 7) is 2.36. The molecule has 1 aromatic rings. The first-order valence-electron chi connectivity index (χ1n) is 8.45. The van der Waals surface area contributed by atoms with Gasteiger partial charge in [-0.25, -0.2) is 0 Å². The average Bonchev–Trinajstić information content (AvgIpc) is 2.76. The van der Waals surface area contributed by atoms with Crippen molar-refractivity contribution in [3.8, 4) is 0 Å². The lowest BCUT2D eigenvalue weighted by atomic mass is 9.86. The number of anilines is 1. The van der Waals surface area contributed by atoms with E-state index in [1.807, 2.05) is 0 Å². The van der Waals surface area contributed by atoms with Gasteiger partial charge in [-0.3, -0.25) is 0 Å². The molecule has 0 saturated heterocycles. The lowest BCUT2D eigenvalue weighted by molar-refractivity contribution is 0.156. The number of nitrogens with two attached hydrogens (primary N) is 1. The van der Waals surface area contributed by atoms with Crippen LogP contribution in [0.4, 0.5) is 5.69 Å². The molecule has 0 aromatic heterocycles. The summed E-state index contributed by atoms with van der Waals surface area (Å²) in [7, 11) is 0. The van der Waals surface area contributed by atoms with Gasteiger partial charge in [0, 0.05) is 24.3 Å². The Balaban J connectivity index is 1.68. The van der Waals surface area contributed by atoms with Crippen molar-refractivity contribution in [3.05, 3.63) is 29.8 Å². The van der Waals surface area contributed by atoms with Gasteiger partial charge in [0.25, 0.3) is 0 Å². The quantitative estimate of drug-likeness (QED) is 0.895.